The van der Waals surface area contributed by atoms with Crippen LogP contribution in [0.4, 0.5) is 0 Å². The molecule has 1 N–H and O–H groups in total. The number of rotatable bonds is 4. The fraction of sp³-hybridized carbons (Fsp3) is 0.733. The fourth-order valence-electron chi connectivity index (χ4n) is 2.93. The Kier molecular flexibility index (Phi) is 4.81. The molecule has 2 heterocycles. The van der Waals surface area contributed by atoms with Crippen molar-refractivity contribution >= 4 is 5.91 Å². The monoisotopic (exact) mass is 279 g/mol. The lowest BCUT2D eigenvalue weighted by molar-refractivity contribution is -0.132. The van der Waals surface area contributed by atoms with Crippen molar-refractivity contribution in [1.82, 2.24) is 15.4 Å². The lowest BCUT2D eigenvalue weighted by Crippen LogP contribution is -2.56. The maximum Gasteiger partial charge on any atom is 0.227 e. The van der Waals surface area contributed by atoms with E-state index in [0.717, 1.165) is 42.9 Å². The number of hydrogen-bond acceptors (Lipinski definition) is 4. The molecule has 0 spiro atoms. The molecular formula is C15H25N3O2. The lowest BCUT2D eigenvalue weighted by Gasteiger charge is -2.36. The zero-order valence-corrected chi connectivity index (χ0v) is 12.9. The SMILES string of the molecule is CCc1noc(CC)c1CC(=O)N1CC(C)NC(C)C1. The predicted molar refractivity (Wildman–Crippen MR) is 77.6 cm³/mol. The highest BCUT2D eigenvalue weighted by molar-refractivity contribution is 5.79. The van der Waals surface area contributed by atoms with Crippen LogP contribution < -0.4 is 5.32 Å². The summed E-state index contributed by atoms with van der Waals surface area (Å²) in [4.78, 5) is 14.5. The van der Waals surface area contributed by atoms with E-state index in [9.17, 15) is 4.79 Å². The molecule has 2 unspecified atom stereocenters. The fourth-order valence-corrected chi connectivity index (χ4v) is 2.93. The summed E-state index contributed by atoms with van der Waals surface area (Å²) in [5.41, 5.74) is 1.92. The Labute approximate surface area is 120 Å². The van der Waals surface area contributed by atoms with Crippen LogP contribution in [0.3, 0.4) is 0 Å². The van der Waals surface area contributed by atoms with Gasteiger partial charge >= 0.3 is 0 Å². The average Bonchev–Trinajstić information content (AvgIpc) is 2.79. The molecule has 5 heteroatoms. The van der Waals surface area contributed by atoms with Crippen LogP contribution in [0.25, 0.3) is 0 Å². The van der Waals surface area contributed by atoms with Crippen molar-refractivity contribution in [3.63, 3.8) is 0 Å². The van der Waals surface area contributed by atoms with Gasteiger partial charge in [-0.05, 0) is 20.3 Å². The summed E-state index contributed by atoms with van der Waals surface area (Å²) in [5, 5.41) is 7.52. The number of hydrogen-bond donors (Lipinski definition) is 1. The van der Waals surface area contributed by atoms with Gasteiger partial charge in [0, 0.05) is 37.2 Å². The zero-order chi connectivity index (χ0) is 14.7. The Balaban J connectivity index is 2.09. The predicted octanol–water partition coefficient (Wildman–Crippen LogP) is 1.55. The van der Waals surface area contributed by atoms with Crippen LogP contribution in [-0.4, -0.2) is 41.1 Å². The molecule has 1 fully saturated rings. The van der Waals surface area contributed by atoms with E-state index in [1.54, 1.807) is 0 Å². The van der Waals surface area contributed by atoms with Gasteiger partial charge in [0.2, 0.25) is 5.91 Å². The van der Waals surface area contributed by atoms with E-state index in [-0.39, 0.29) is 5.91 Å². The molecule has 1 amide bonds. The average molecular weight is 279 g/mol. The van der Waals surface area contributed by atoms with Crippen LogP contribution in [0.5, 0.6) is 0 Å². The third-order valence-corrected chi connectivity index (χ3v) is 3.85. The molecule has 0 aromatic carbocycles. The Morgan fingerprint density at radius 3 is 2.50 bits per heavy atom. The van der Waals surface area contributed by atoms with Crippen LogP contribution in [0.2, 0.25) is 0 Å². The molecule has 1 aromatic rings. The molecule has 2 atom stereocenters. The normalized spacial score (nSPS) is 23.1. The summed E-state index contributed by atoms with van der Waals surface area (Å²) in [5.74, 6) is 1.03. The molecule has 0 radical (unpaired) electrons. The van der Waals surface area contributed by atoms with Gasteiger partial charge < -0.3 is 14.7 Å². The smallest absolute Gasteiger partial charge is 0.227 e. The van der Waals surface area contributed by atoms with Crippen LogP contribution in [0.15, 0.2) is 4.52 Å². The molecule has 0 bridgehead atoms. The molecule has 0 saturated carbocycles. The van der Waals surface area contributed by atoms with Gasteiger partial charge in [-0.25, -0.2) is 0 Å². The van der Waals surface area contributed by atoms with Gasteiger partial charge in [-0.15, -0.1) is 0 Å². The van der Waals surface area contributed by atoms with E-state index in [1.807, 2.05) is 18.7 Å². The van der Waals surface area contributed by atoms with Gasteiger partial charge in [0.25, 0.3) is 0 Å². The molecule has 1 saturated heterocycles. The molecule has 1 aliphatic heterocycles. The number of carbonyl (C=O) groups is 1. The summed E-state index contributed by atoms with van der Waals surface area (Å²) in [6.07, 6.45) is 2.00. The van der Waals surface area contributed by atoms with Crippen LogP contribution in [0.1, 0.15) is 44.7 Å². The number of amides is 1. The van der Waals surface area contributed by atoms with Gasteiger partial charge in [-0.2, -0.15) is 0 Å². The van der Waals surface area contributed by atoms with Crippen molar-refractivity contribution in [1.29, 1.82) is 0 Å². The highest BCUT2D eigenvalue weighted by atomic mass is 16.5. The van der Waals surface area contributed by atoms with Gasteiger partial charge in [0.1, 0.15) is 5.76 Å². The summed E-state index contributed by atoms with van der Waals surface area (Å²) < 4.78 is 5.33. The minimum atomic E-state index is 0.179. The maximum absolute atomic E-state index is 12.5. The van der Waals surface area contributed by atoms with Crippen molar-refractivity contribution < 1.29 is 9.32 Å². The number of aryl methyl sites for hydroxylation is 2. The lowest BCUT2D eigenvalue weighted by atomic mass is 10.0. The van der Waals surface area contributed by atoms with Crippen LogP contribution in [-0.2, 0) is 24.1 Å². The molecule has 0 aliphatic carbocycles. The van der Waals surface area contributed by atoms with Crippen LogP contribution >= 0.6 is 0 Å². The van der Waals surface area contributed by atoms with E-state index in [2.05, 4.69) is 24.3 Å². The third-order valence-electron chi connectivity index (χ3n) is 3.85. The van der Waals surface area contributed by atoms with Gasteiger partial charge in [0.15, 0.2) is 0 Å². The van der Waals surface area contributed by atoms with E-state index < -0.39 is 0 Å². The second kappa shape index (κ2) is 6.39. The summed E-state index contributed by atoms with van der Waals surface area (Å²) in [6, 6.07) is 0.697. The Morgan fingerprint density at radius 1 is 1.30 bits per heavy atom. The largest absolute Gasteiger partial charge is 0.361 e. The van der Waals surface area contributed by atoms with Gasteiger partial charge in [0.05, 0.1) is 12.1 Å². The molecular weight excluding hydrogens is 254 g/mol. The van der Waals surface area contributed by atoms with Crippen LogP contribution in [0, 0.1) is 0 Å². The van der Waals surface area contributed by atoms with Crippen molar-refractivity contribution in [2.75, 3.05) is 13.1 Å². The first-order valence-electron chi connectivity index (χ1n) is 7.55. The summed E-state index contributed by atoms with van der Waals surface area (Å²) in [6.45, 7) is 9.85. The molecule has 5 nitrogen and oxygen atoms in total. The molecule has 1 aromatic heterocycles. The minimum absolute atomic E-state index is 0.179. The van der Waals surface area contributed by atoms with E-state index in [1.165, 1.54) is 0 Å². The quantitative estimate of drug-likeness (QED) is 0.908. The van der Waals surface area contributed by atoms with E-state index in [4.69, 9.17) is 4.52 Å². The van der Waals surface area contributed by atoms with E-state index in [0.29, 0.717) is 18.5 Å². The Bertz CT molecular complexity index is 438. The first-order chi connectivity index (χ1) is 9.55. The summed E-state index contributed by atoms with van der Waals surface area (Å²) >= 11 is 0. The van der Waals surface area contributed by atoms with Crippen molar-refractivity contribution in [2.24, 2.45) is 0 Å². The first kappa shape index (κ1) is 15.0. The zero-order valence-electron chi connectivity index (χ0n) is 12.9. The van der Waals surface area contributed by atoms with Crippen molar-refractivity contribution in [3.8, 4) is 0 Å². The van der Waals surface area contributed by atoms with E-state index >= 15 is 0 Å². The minimum Gasteiger partial charge on any atom is -0.361 e. The molecule has 2 rings (SSSR count). The number of nitrogens with zero attached hydrogens (tertiary/aromatic N) is 2. The topological polar surface area (TPSA) is 58.4 Å². The number of piperazine rings is 1. The standard InChI is InChI=1S/C15H25N3O2/c1-5-13-12(14(6-2)20-17-13)7-15(19)18-8-10(3)16-11(4)9-18/h10-11,16H,5-9H2,1-4H3. The molecule has 20 heavy (non-hydrogen) atoms. The number of aromatic nitrogens is 1. The van der Waals surface area contributed by atoms with Crippen molar-refractivity contribution in [2.45, 2.75) is 59.0 Å². The summed E-state index contributed by atoms with van der Waals surface area (Å²) in [7, 11) is 0. The van der Waals surface area contributed by atoms with Gasteiger partial charge in [-0.1, -0.05) is 19.0 Å². The second-order valence-corrected chi connectivity index (χ2v) is 5.68. The Morgan fingerprint density at radius 2 is 1.95 bits per heavy atom. The highest BCUT2D eigenvalue weighted by Crippen LogP contribution is 2.18. The molecule has 112 valence electrons. The highest BCUT2D eigenvalue weighted by Gasteiger charge is 2.26. The second-order valence-electron chi connectivity index (χ2n) is 5.68. The maximum atomic E-state index is 12.5. The third kappa shape index (κ3) is 3.20. The van der Waals surface area contributed by atoms with Crippen molar-refractivity contribution in [3.05, 3.63) is 17.0 Å². The molecule has 1 aliphatic rings. The number of nitrogens with one attached hydrogen (secondary N) is 1. The van der Waals surface area contributed by atoms with Gasteiger partial charge in [-0.3, -0.25) is 4.79 Å². The number of carbonyl (C=O) groups excluding carboxylic acids is 1. The first-order valence-corrected chi connectivity index (χ1v) is 7.55. The Hall–Kier alpha value is -1.36.